The van der Waals surface area contributed by atoms with Gasteiger partial charge in [-0.3, -0.25) is 4.90 Å². The summed E-state index contributed by atoms with van der Waals surface area (Å²) >= 11 is 0. The molecule has 4 aliphatic rings. The van der Waals surface area contributed by atoms with E-state index < -0.39 is 11.0 Å². The van der Waals surface area contributed by atoms with Crippen molar-refractivity contribution in [2.75, 3.05) is 13.1 Å². The number of aliphatic hydroxyl groups excluding tert-OH is 1. The van der Waals surface area contributed by atoms with Gasteiger partial charge in [0.05, 0.1) is 11.7 Å². The van der Waals surface area contributed by atoms with Crippen molar-refractivity contribution in [1.29, 1.82) is 0 Å². The third kappa shape index (κ3) is 2.75. The Labute approximate surface area is 168 Å². The number of nitrogens with zero attached hydrogens (tertiary/aromatic N) is 1. The van der Waals surface area contributed by atoms with Crippen LogP contribution >= 0.6 is 0 Å². The van der Waals surface area contributed by atoms with Crippen molar-refractivity contribution in [2.24, 2.45) is 17.8 Å². The summed E-state index contributed by atoms with van der Waals surface area (Å²) in [5.41, 5.74) is 1.10. The molecule has 4 nitrogen and oxygen atoms in total. The van der Waals surface area contributed by atoms with E-state index in [9.17, 15) is 15.3 Å². The topological polar surface area (TPSA) is 63.9 Å². The van der Waals surface area contributed by atoms with Crippen molar-refractivity contribution >= 4 is 0 Å². The van der Waals surface area contributed by atoms with Gasteiger partial charge >= 0.3 is 0 Å². The number of phenols is 1. The molecule has 1 aromatic rings. The predicted molar refractivity (Wildman–Crippen MR) is 109 cm³/mol. The maximum atomic E-state index is 12.4. The van der Waals surface area contributed by atoms with Crippen LogP contribution in [0.2, 0.25) is 0 Å². The van der Waals surface area contributed by atoms with E-state index in [2.05, 4.69) is 18.7 Å². The molecule has 1 aliphatic heterocycles. The van der Waals surface area contributed by atoms with Crippen LogP contribution in [0.1, 0.15) is 63.5 Å². The fourth-order valence-electron chi connectivity index (χ4n) is 6.87. The number of hydrogen-bond acceptors (Lipinski definition) is 4. The van der Waals surface area contributed by atoms with Crippen molar-refractivity contribution in [3.8, 4) is 5.75 Å². The maximum absolute atomic E-state index is 12.4. The second-order valence-electron chi connectivity index (χ2n) is 10.6. The summed E-state index contributed by atoms with van der Waals surface area (Å²) < 4.78 is 0. The summed E-state index contributed by atoms with van der Waals surface area (Å²) in [5.74, 6) is 1.74. The summed E-state index contributed by atoms with van der Waals surface area (Å²) in [6, 6.07) is 5.83. The van der Waals surface area contributed by atoms with Crippen molar-refractivity contribution in [3.05, 3.63) is 29.3 Å². The quantitative estimate of drug-likeness (QED) is 0.745. The lowest BCUT2D eigenvalue weighted by Gasteiger charge is -2.65. The molecule has 5 rings (SSSR count). The monoisotopic (exact) mass is 385 g/mol. The molecule has 0 radical (unpaired) electrons. The van der Waals surface area contributed by atoms with Crippen molar-refractivity contribution < 1.29 is 15.3 Å². The Bertz CT molecular complexity index is 760. The molecule has 0 aromatic heterocycles. The van der Waals surface area contributed by atoms with Crippen LogP contribution in [0.25, 0.3) is 0 Å². The molecule has 2 saturated carbocycles. The van der Waals surface area contributed by atoms with E-state index >= 15 is 0 Å². The minimum absolute atomic E-state index is 0.126. The van der Waals surface area contributed by atoms with Gasteiger partial charge in [-0.1, -0.05) is 19.9 Å². The summed E-state index contributed by atoms with van der Waals surface area (Å²) in [7, 11) is 0. The van der Waals surface area contributed by atoms with Crippen LogP contribution in [-0.4, -0.2) is 51.1 Å². The van der Waals surface area contributed by atoms with Crippen LogP contribution in [0.3, 0.4) is 0 Å². The van der Waals surface area contributed by atoms with Crippen LogP contribution in [-0.2, 0) is 11.8 Å². The molecule has 1 unspecified atom stereocenters. The summed E-state index contributed by atoms with van der Waals surface area (Å²) in [4.78, 5) is 2.57. The molecule has 154 valence electrons. The second kappa shape index (κ2) is 6.45. The number of rotatable bonds is 4. The van der Waals surface area contributed by atoms with Crippen LogP contribution in [0, 0.1) is 17.8 Å². The van der Waals surface area contributed by atoms with Gasteiger partial charge in [0.25, 0.3) is 0 Å². The normalized spacial score (nSPS) is 40.2. The summed E-state index contributed by atoms with van der Waals surface area (Å²) in [5, 5.41) is 33.7. The van der Waals surface area contributed by atoms with E-state index in [1.165, 1.54) is 18.4 Å². The van der Waals surface area contributed by atoms with Gasteiger partial charge in [-0.2, -0.15) is 0 Å². The van der Waals surface area contributed by atoms with Crippen molar-refractivity contribution in [1.82, 2.24) is 4.90 Å². The molecule has 3 fully saturated rings. The van der Waals surface area contributed by atoms with Crippen LogP contribution in [0.15, 0.2) is 18.2 Å². The summed E-state index contributed by atoms with van der Waals surface area (Å²) in [6.07, 6.45) is 6.24. The lowest BCUT2D eigenvalue weighted by atomic mass is 9.47. The molecule has 3 aliphatic carbocycles. The van der Waals surface area contributed by atoms with Gasteiger partial charge in [0.15, 0.2) is 0 Å². The molecular formula is C24H35NO3. The standard InChI is InChI=1S/C24H35NO3/c1-15(2)9-18-12-24(28)22-10-17-5-6-19(26)11-20(17)23(24,13-21(18)27)7-8-25(22)14-16-3-4-16/h5-6,11,15-16,18,21-22,26-28H,3-4,7-10,12-14H2,1-2H3/t18-,21+,22+,23?,24+/m0/s1. The van der Waals surface area contributed by atoms with Crippen molar-refractivity contribution in [2.45, 2.75) is 82.0 Å². The number of phenolic OH excluding ortho intramolecular Hbond substituents is 1. The minimum atomic E-state index is -0.820. The van der Waals surface area contributed by atoms with Gasteiger partial charge in [-0.05, 0) is 92.5 Å². The average Bonchev–Trinajstić information content (AvgIpc) is 3.43. The molecule has 0 spiro atoms. The third-order valence-corrected chi connectivity index (χ3v) is 8.31. The SMILES string of the molecule is CC(C)C[C@H]1C[C@@]2(O)[C@H]3Cc4ccc(O)cc4C2(CCN3CC2CC2)C[C@H]1O. The first kappa shape index (κ1) is 18.9. The van der Waals surface area contributed by atoms with E-state index in [1.54, 1.807) is 6.07 Å². The summed E-state index contributed by atoms with van der Waals surface area (Å²) in [6.45, 7) is 6.50. The van der Waals surface area contributed by atoms with Crippen molar-refractivity contribution in [3.63, 3.8) is 0 Å². The first-order valence-corrected chi connectivity index (χ1v) is 11.3. The van der Waals surface area contributed by atoms with Crippen LogP contribution < -0.4 is 0 Å². The smallest absolute Gasteiger partial charge is 0.115 e. The van der Waals surface area contributed by atoms with Gasteiger partial charge in [0.2, 0.25) is 0 Å². The Morgan fingerprint density at radius 3 is 2.71 bits per heavy atom. The van der Waals surface area contributed by atoms with Gasteiger partial charge in [0.1, 0.15) is 5.75 Å². The highest BCUT2D eigenvalue weighted by molar-refractivity contribution is 5.48. The zero-order chi connectivity index (χ0) is 19.7. The molecule has 5 atom stereocenters. The largest absolute Gasteiger partial charge is 0.508 e. The zero-order valence-electron chi connectivity index (χ0n) is 17.3. The fraction of sp³-hybridized carbons (Fsp3) is 0.750. The maximum Gasteiger partial charge on any atom is 0.115 e. The number of aliphatic hydroxyl groups is 2. The molecule has 28 heavy (non-hydrogen) atoms. The predicted octanol–water partition coefficient (Wildman–Crippen LogP) is 3.22. The molecule has 1 heterocycles. The van der Waals surface area contributed by atoms with Gasteiger partial charge < -0.3 is 15.3 Å². The van der Waals surface area contributed by atoms with Gasteiger partial charge in [-0.25, -0.2) is 0 Å². The number of benzene rings is 1. The Hall–Kier alpha value is -1.10. The highest BCUT2D eigenvalue weighted by Gasteiger charge is 2.66. The molecule has 1 saturated heterocycles. The van der Waals surface area contributed by atoms with E-state index in [-0.39, 0.29) is 23.8 Å². The third-order valence-electron chi connectivity index (χ3n) is 8.31. The first-order chi connectivity index (χ1) is 13.3. The highest BCUT2D eigenvalue weighted by atomic mass is 16.3. The average molecular weight is 386 g/mol. The van der Waals surface area contributed by atoms with E-state index in [4.69, 9.17) is 0 Å². The molecule has 0 amide bonds. The molecule has 1 aromatic carbocycles. The zero-order valence-corrected chi connectivity index (χ0v) is 17.3. The number of piperidine rings is 1. The van der Waals surface area contributed by atoms with E-state index in [0.717, 1.165) is 43.8 Å². The Kier molecular flexibility index (Phi) is 4.35. The van der Waals surface area contributed by atoms with Gasteiger partial charge in [0, 0.05) is 18.0 Å². The molecule has 3 N–H and O–H groups in total. The highest BCUT2D eigenvalue weighted by Crippen LogP contribution is 2.60. The molecular weight excluding hydrogens is 350 g/mol. The van der Waals surface area contributed by atoms with E-state index in [0.29, 0.717) is 18.8 Å². The number of aromatic hydroxyl groups is 1. The fourth-order valence-corrected chi connectivity index (χ4v) is 6.87. The first-order valence-electron chi connectivity index (χ1n) is 11.3. The van der Waals surface area contributed by atoms with Crippen LogP contribution in [0.4, 0.5) is 0 Å². The Morgan fingerprint density at radius 1 is 1.21 bits per heavy atom. The Morgan fingerprint density at radius 2 is 2.00 bits per heavy atom. The number of fused-ring (bicyclic) bond motifs is 1. The molecule has 2 bridgehead atoms. The number of hydrogen-bond donors (Lipinski definition) is 3. The second-order valence-corrected chi connectivity index (χ2v) is 10.6. The lowest BCUT2D eigenvalue weighted by molar-refractivity contribution is -0.199. The van der Waals surface area contributed by atoms with E-state index in [1.807, 2.05) is 12.1 Å². The van der Waals surface area contributed by atoms with Crippen LogP contribution in [0.5, 0.6) is 5.75 Å². The minimum Gasteiger partial charge on any atom is -0.508 e. The van der Waals surface area contributed by atoms with Gasteiger partial charge in [-0.15, -0.1) is 0 Å². The Balaban J connectivity index is 1.59. The molecule has 4 heteroatoms. The lowest BCUT2D eigenvalue weighted by Crippen LogP contribution is -2.74. The number of likely N-dealkylation sites (tertiary alicyclic amines) is 1.